The van der Waals surface area contributed by atoms with Gasteiger partial charge in [-0.25, -0.2) is 4.98 Å². The number of anilines is 1. The van der Waals surface area contributed by atoms with Crippen molar-refractivity contribution in [3.8, 4) is 5.75 Å². The van der Waals surface area contributed by atoms with Crippen LogP contribution >= 0.6 is 34.8 Å². The summed E-state index contributed by atoms with van der Waals surface area (Å²) in [4.78, 5) is 4.30. The summed E-state index contributed by atoms with van der Waals surface area (Å²) < 4.78 is 5.16. The van der Waals surface area contributed by atoms with Crippen LogP contribution in [0.5, 0.6) is 5.75 Å². The number of hydrogen-bond donors (Lipinski definition) is 1. The Balaban J connectivity index is 1.89. The normalized spacial score (nSPS) is 10.8. The topological polar surface area (TPSA) is 34.1 Å². The van der Waals surface area contributed by atoms with Gasteiger partial charge in [-0.15, -0.1) is 0 Å². The van der Waals surface area contributed by atoms with Crippen molar-refractivity contribution in [3.63, 3.8) is 0 Å². The summed E-state index contributed by atoms with van der Waals surface area (Å²) in [6.45, 7) is 0.589. The Morgan fingerprint density at radius 2 is 1.87 bits per heavy atom. The van der Waals surface area contributed by atoms with E-state index >= 15 is 0 Å². The number of rotatable bonds is 4. The van der Waals surface area contributed by atoms with E-state index in [9.17, 15) is 0 Å². The molecule has 1 N–H and O–H groups in total. The molecule has 1 heterocycles. The molecule has 0 amide bonds. The smallest absolute Gasteiger partial charge is 0.137 e. The second-order valence-corrected chi connectivity index (χ2v) is 6.21. The molecule has 23 heavy (non-hydrogen) atoms. The van der Waals surface area contributed by atoms with Crippen molar-refractivity contribution in [2.24, 2.45) is 0 Å². The number of halogens is 3. The highest BCUT2D eigenvalue weighted by Crippen LogP contribution is 2.29. The van der Waals surface area contributed by atoms with Crippen molar-refractivity contribution in [1.82, 2.24) is 4.98 Å². The van der Waals surface area contributed by atoms with Crippen LogP contribution in [0.4, 0.5) is 5.69 Å². The Kier molecular flexibility index (Phi) is 4.81. The molecule has 118 valence electrons. The van der Waals surface area contributed by atoms with E-state index in [0.717, 1.165) is 22.2 Å². The molecule has 3 aromatic rings. The van der Waals surface area contributed by atoms with E-state index in [4.69, 9.17) is 39.5 Å². The fourth-order valence-electron chi connectivity index (χ4n) is 2.33. The summed E-state index contributed by atoms with van der Waals surface area (Å²) in [5.74, 6) is 0.652. The second kappa shape index (κ2) is 6.83. The first kappa shape index (κ1) is 16.2. The minimum atomic E-state index is 0.426. The third-order valence-electron chi connectivity index (χ3n) is 3.44. The number of aromatic nitrogens is 1. The van der Waals surface area contributed by atoms with E-state index in [1.165, 1.54) is 0 Å². The molecule has 0 unspecified atom stereocenters. The van der Waals surface area contributed by atoms with Gasteiger partial charge in [0.1, 0.15) is 10.9 Å². The molecule has 0 aliphatic rings. The van der Waals surface area contributed by atoms with Crippen LogP contribution in [0.25, 0.3) is 10.9 Å². The lowest BCUT2D eigenvalue weighted by atomic mass is 10.1. The van der Waals surface area contributed by atoms with E-state index in [2.05, 4.69) is 10.3 Å². The number of hydrogen-bond acceptors (Lipinski definition) is 3. The number of fused-ring (bicyclic) bond motifs is 1. The van der Waals surface area contributed by atoms with E-state index in [0.29, 0.717) is 27.5 Å². The first-order valence-corrected chi connectivity index (χ1v) is 8.02. The Labute approximate surface area is 149 Å². The van der Waals surface area contributed by atoms with Crippen LogP contribution in [0.2, 0.25) is 15.2 Å². The lowest BCUT2D eigenvalue weighted by Crippen LogP contribution is -2.01. The quantitative estimate of drug-likeness (QED) is 0.590. The van der Waals surface area contributed by atoms with Crippen LogP contribution in [0.15, 0.2) is 42.5 Å². The maximum Gasteiger partial charge on any atom is 0.137 e. The van der Waals surface area contributed by atoms with Gasteiger partial charge in [-0.2, -0.15) is 0 Å². The van der Waals surface area contributed by atoms with Gasteiger partial charge in [-0.3, -0.25) is 0 Å². The number of benzene rings is 2. The van der Waals surface area contributed by atoms with Crippen molar-refractivity contribution in [2.45, 2.75) is 6.54 Å². The summed E-state index contributed by atoms with van der Waals surface area (Å²) in [6, 6.07) is 12.9. The zero-order valence-corrected chi connectivity index (χ0v) is 14.5. The SMILES string of the molecule is COc1ccc(CNc2cc(Cl)nc3ccc(Cl)cc23)cc1Cl. The first-order valence-electron chi connectivity index (χ1n) is 6.89. The van der Waals surface area contributed by atoms with E-state index < -0.39 is 0 Å². The molecule has 0 saturated carbocycles. The molecule has 2 aromatic carbocycles. The molecule has 0 aliphatic heterocycles. The monoisotopic (exact) mass is 366 g/mol. The van der Waals surface area contributed by atoms with E-state index in [-0.39, 0.29) is 0 Å². The molecule has 0 atom stereocenters. The Bertz CT molecular complexity index is 868. The maximum absolute atomic E-state index is 6.15. The molecule has 0 bridgehead atoms. The Hall–Kier alpha value is -1.68. The summed E-state index contributed by atoms with van der Waals surface area (Å²) in [6.07, 6.45) is 0. The van der Waals surface area contributed by atoms with Crippen LogP contribution in [-0.2, 0) is 6.54 Å². The number of pyridine rings is 1. The van der Waals surface area contributed by atoms with Crippen LogP contribution in [0, 0.1) is 0 Å². The van der Waals surface area contributed by atoms with Gasteiger partial charge in [0.15, 0.2) is 0 Å². The van der Waals surface area contributed by atoms with Crippen LogP contribution in [0.3, 0.4) is 0 Å². The Morgan fingerprint density at radius 1 is 1.04 bits per heavy atom. The van der Waals surface area contributed by atoms with Gasteiger partial charge in [0.05, 0.1) is 17.6 Å². The van der Waals surface area contributed by atoms with Crippen molar-refractivity contribution in [1.29, 1.82) is 0 Å². The number of nitrogens with one attached hydrogen (secondary N) is 1. The number of nitrogens with zero attached hydrogens (tertiary/aromatic N) is 1. The summed E-state index contributed by atoms with van der Waals surface area (Å²) >= 11 is 18.3. The third kappa shape index (κ3) is 3.63. The maximum atomic E-state index is 6.15. The second-order valence-electron chi connectivity index (χ2n) is 4.98. The van der Waals surface area contributed by atoms with E-state index in [1.54, 1.807) is 19.2 Å². The van der Waals surface area contributed by atoms with Gasteiger partial charge in [0.25, 0.3) is 0 Å². The lowest BCUT2D eigenvalue weighted by molar-refractivity contribution is 0.415. The standard InChI is InChI=1S/C17H13Cl3N2O/c1-23-16-5-2-10(6-13(16)19)9-21-15-8-17(20)22-14-4-3-11(18)7-12(14)15/h2-8H,9H2,1H3,(H,21,22). The molecule has 3 nitrogen and oxygen atoms in total. The summed E-state index contributed by atoms with van der Waals surface area (Å²) in [5.41, 5.74) is 2.69. The van der Waals surface area contributed by atoms with Crippen molar-refractivity contribution in [2.75, 3.05) is 12.4 Å². The lowest BCUT2D eigenvalue weighted by Gasteiger charge is -2.12. The number of ether oxygens (including phenoxy) is 1. The molecule has 1 aromatic heterocycles. The van der Waals surface area contributed by atoms with Crippen LogP contribution in [0.1, 0.15) is 5.56 Å². The highest BCUT2D eigenvalue weighted by atomic mass is 35.5. The summed E-state index contributed by atoms with van der Waals surface area (Å²) in [7, 11) is 1.59. The minimum Gasteiger partial charge on any atom is -0.495 e. The van der Waals surface area contributed by atoms with Gasteiger partial charge in [0.2, 0.25) is 0 Å². The Morgan fingerprint density at radius 3 is 2.61 bits per heavy atom. The predicted octanol–water partition coefficient (Wildman–Crippen LogP) is 5.82. The van der Waals surface area contributed by atoms with Crippen molar-refractivity contribution < 1.29 is 4.74 Å². The highest BCUT2D eigenvalue weighted by Gasteiger charge is 2.07. The predicted molar refractivity (Wildman–Crippen MR) is 97.1 cm³/mol. The van der Waals surface area contributed by atoms with Crippen molar-refractivity contribution >= 4 is 51.4 Å². The van der Waals surface area contributed by atoms with Gasteiger partial charge >= 0.3 is 0 Å². The van der Waals surface area contributed by atoms with Gasteiger partial charge in [0, 0.05) is 22.6 Å². The van der Waals surface area contributed by atoms with Crippen LogP contribution in [-0.4, -0.2) is 12.1 Å². The molecular weight excluding hydrogens is 355 g/mol. The molecule has 0 aliphatic carbocycles. The van der Waals surface area contributed by atoms with Gasteiger partial charge in [-0.05, 0) is 42.0 Å². The molecule has 0 fully saturated rings. The zero-order valence-electron chi connectivity index (χ0n) is 12.2. The van der Waals surface area contributed by atoms with Crippen LogP contribution < -0.4 is 10.1 Å². The van der Waals surface area contributed by atoms with Gasteiger partial charge in [-0.1, -0.05) is 40.9 Å². The van der Waals surface area contributed by atoms with Crippen molar-refractivity contribution in [3.05, 3.63) is 63.2 Å². The fraction of sp³-hybridized carbons (Fsp3) is 0.118. The van der Waals surface area contributed by atoms with E-state index in [1.807, 2.05) is 30.3 Å². The largest absolute Gasteiger partial charge is 0.495 e. The average Bonchev–Trinajstić information content (AvgIpc) is 2.53. The van der Waals surface area contributed by atoms with Gasteiger partial charge < -0.3 is 10.1 Å². The number of methoxy groups -OCH3 is 1. The molecule has 3 rings (SSSR count). The fourth-order valence-corrected chi connectivity index (χ4v) is 2.98. The minimum absolute atomic E-state index is 0.426. The zero-order chi connectivity index (χ0) is 16.4. The molecule has 0 saturated heterocycles. The first-order chi connectivity index (χ1) is 11.1. The molecular formula is C17H13Cl3N2O. The molecule has 6 heteroatoms. The molecule has 0 spiro atoms. The molecule has 0 radical (unpaired) electrons. The third-order valence-corrected chi connectivity index (χ3v) is 4.16. The highest BCUT2D eigenvalue weighted by molar-refractivity contribution is 6.32. The summed E-state index contributed by atoms with van der Waals surface area (Å²) in [5, 5.41) is 5.92. The average molecular weight is 368 g/mol.